The van der Waals surface area contributed by atoms with Crippen LogP contribution in [0.2, 0.25) is 5.02 Å². The van der Waals surface area contributed by atoms with Gasteiger partial charge in [-0.2, -0.15) is 0 Å². The lowest BCUT2D eigenvalue weighted by Crippen LogP contribution is -2.36. The number of nitrogens with two attached hydrogens (primary N) is 1. The summed E-state index contributed by atoms with van der Waals surface area (Å²) in [5, 5.41) is 3.12. The summed E-state index contributed by atoms with van der Waals surface area (Å²) in [5.74, 6) is -0.169. The Kier molecular flexibility index (Phi) is 3.66. The number of aromatic nitrogens is 1. The van der Waals surface area contributed by atoms with E-state index < -0.39 is 5.54 Å². The zero-order chi connectivity index (χ0) is 11.5. The van der Waals surface area contributed by atoms with Gasteiger partial charge in [0.1, 0.15) is 0 Å². The summed E-state index contributed by atoms with van der Waals surface area (Å²) in [6, 6.07) is 1.62. The van der Waals surface area contributed by atoms with E-state index >= 15 is 0 Å². The zero-order valence-electron chi connectivity index (χ0n) is 8.75. The molecule has 0 aliphatic carbocycles. The molecule has 15 heavy (non-hydrogen) atoms. The number of carbonyl (C=O) groups is 1. The Morgan fingerprint density at radius 2 is 2.33 bits per heavy atom. The van der Waals surface area contributed by atoms with Gasteiger partial charge in [0.05, 0.1) is 16.9 Å². The predicted octanol–water partition coefficient (Wildman–Crippen LogP) is 1.80. The molecule has 0 atom stereocenters. The number of hydrogen-bond donors (Lipinski definition) is 2. The highest BCUT2D eigenvalue weighted by molar-refractivity contribution is 6.33. The van der Waals surface area contributed by atoms with Crippen LogP contribution < -0.4 is 11.1 Å². The largest absolute Gasteiger partial charge is 0.325 e. The maximum atomic E-state index is 11.5. The molecule has 0 aromatic carbocycles. The maximum absolute atomic E-state index is 11.5. The number of carbonyl (C=O) groups excluding carboxylic acids is 1. The van der Waals surface area contributed by atoms with Crippen molar-refractivity contribution in [2.45, 2.75) is 25.8 Å². The first kappa shape index (κ1) is 11.9. The summed E-state index contributed by atoms with van der Waals surface area (Å²) in [7, 11) is 0. The minimum absolute atomic E-state index is 0.169. The lowest BCUT2D eigenvalue weighted by molar-refractivity contribution is -0.117. The van der Waals surface area contributed by atoms with Crippen molar-refractivity contribution in [3.05, 3.63) is 23.5 Å². The highest BCUT2D eigenvalue weighted by Crippen LogP contribution is 2.19. The molecule has 1 amide bonds. The molecule has 0 fully saturated rings. The summed E-state index contributed by atoms with van der Waals surface area (Å²) in [6.07, 6.45) is 3.30. The van der Waals surface area contributed by atoms with Gasteiger partial charge < -0.3 is 11.1 Å². The quantitative estimate of drug-likeness (QED) is 0.828. The molecule has 4 nitrogen and oxygen atoms in total. The molecule has 1 rings (SSSR count). The summed E-state index contributed by atoms with van der Waals surface area (Å²) < 4.78 is 0. The fourth-order valence-electron chi connectivity index (χ4n) is 1.08. The first-order chi connectivity index (χ1) is 6.88. The Bertz CT molecular complexity index is 360. The van der Waals surface area contributed by atoms with Gasteiger partial charge in [-0.15, -0.1) is 0 Å². The fraction of sp³-hybridized carbons (Fsp3) is 0.400. The number of nitrogens with one attached hydrogen (secondary N) is 1. The van der Waals surface area contributed by atoms with Gasteiger partial charge in [-0.25, -0.2) is 0 Å². The molecule has 82 valence electrons. The van der Waals surface area contributed by atoms with Crippen molar-refractivity contribution >= 4 is 23.2 Å². The highest BCUT2D eigenvalue weighted by atomic mass is 35.5. The Hall–Kier alpha value is -1.13. The van der Waals surface area contributed by atoms with Crippen molar-refractivity contribution in [1.82, 2.24) is 4.98 Å². The van der Waals surface area contributed by atoms with E-state index in [1.54, 1.807) is 26.1 Å². The van der Waals surface area contributed by atoms with Crippen LogP contribution in [0.4, 0.5) is 5.69 Å². The molecule has 0 radical (unpaired) electrons. The summed E-state index contributed by atoms with van der Waals surface area (Å²) in [4.78, 5) is 15.4. The summed E-state index contributed by atoms with van der Waals surface area (Å²) >= 11 is 5.85. The molecule has 0 saturated heterocycles. The van der Waals surface area contributed by atoms with Crippen molar-refractivity contribution in [3.8, 4) is 0 Å². The molecule has 0 spiro atoms. The summed E-state index contributed by atoms with van der Waals surface area (Å²) in [6.45, 7) is 3.58. The van der Waals surface area contributed by atoms with E-state index in [1.165, 1.54) is 6.20 Å². The minimum Gasteiger partial charge on any atom is -0.325 e. The van der Waals surface area contributed by atoms with Gasteiger partial charge in [-0.1, -0.05) is 11.6 Å². The molecule has 5 heteroatoms. The average molecular weight is 228 g/mol. The Balaban J connectivity index is 2.64. The molecule has 1 heterocycles. The van der Waals surface area contributed by atoms with Crippen LogP contribution in [-0.2, 0) is 4.79 Å². The SMILES string of the molecule is CC(C)(N)CC(=O)Nc1cnccc1Cl. The molecule has 0 bridgehead atoms. The zero-order valence-corrected chi connectivity index (χ0v) is 9.51. The third-order valence-electron chi connectivity index (χ3n) is 1.66. The number of anilines is 1. The smallest absolute Gasteiger partial charge is 0.226 e. The Labute approximate surface area is 93.8 Å². The Morgan fingerprint density at radius 3 is 2.87 bits per heavy atom. The number of hydrogen-bond acceptors (Lipinski definition) is 3. The van der Waals surface area contributed by atoms with E-state index in [-0.39, 0.29) is 12.3 Å². The number of rotatable bonds is 3. The number of pyridine rings is 1. The first-order valence-corrected chi connectivity index (χ1v) is 4.94. The lowest BCUT2D eigenvalue weighted by Gasteiger charge is -2.17. The molecule has 0 saturated carbocycles. The van der Waals surface area contributed by atoms with Crippen molar-refractivity contribution < 1.29 is 4.79 Å². The second-order valence-corrected chi connectivity index (χ2v) is 4.48. The average Bonchev–Trinajstić information content (AvgIpc) is 2.05. The lowest BCUT2D eigenvalue weighted by atomic mass is 10.0. The van der Waals surface area contributed by atoms with Crippen LogP contribution in [0.5, 0.6) is 0 Å². The van der Waals surface area contributed by atoms with E-state index in [2.05, 4.69) is 10.3 Å². The van der Waals surface area contributed by atoms with Crippen LogP contribution in [-0.4, -0.2) is 16.4 Å². The van der Waals surface area contributed by atoms with Crippen LogP contribution in [0.15, 0.2) is 18.5 Å². The van der Waals surface area contributed by atoms with Crippen LogP contribution in [0, 0.1) is 0 Å². The van der Waals surface area contributed by atoms with Gasteiger partial charge in [0, 0.05) is 18.2 Å². The van der Waals surface area contributed by atoms with Crippen molar-refractivity contribution in [2.24, 2.45) is 5.73 Å². The maximum Gasteiger partial charge on any atom is 0.226 e. The van der Waals surface area contributed by atoms with E-state index in [0.29, 0.717) is 10.7 Å². The normalized spacial score (nSPS) is 11.2. The van der Waals surface area contributed by atoms with Gasteiger partial charge in [0.2, 0.25) is 5.91 Å². The number of amides is 1. The van der Waals surface area contributed by atoms with Gasteiger partial charge in [-0.3, -0.25) is 9.78 Å². The second kappa shape index (κ2) is 4.59. The first-order valence-electron chi connectivity index (χ1n) is 4.57. The van der Waals surface area contributed by atoms with Gasteiger partial charge in [0.25, 0.3) is 0 Å². The predicted molar refractivity (Wildman–Crippen MR) is 60.8 cm³/mol. The summed E-state index contributed by atoms with van der Waals surface area (Å²) in [5.41, 5.74) is 5.70. The van der Waals surface area contributed by atoms with Crippen molar-refractivity contribution in [1.29, 1.82) is 0 Å². The van der Waals surface area contributed by atoms with E-state index in [4.69, 9.17) is 17.3 Å². The number of nitrogens with zero attached hydrogens (tertiary/aromatic N) is 1. The minimum atomic E-state index is -0.529. The number of halogens is 1. The van der Waals surface area contributed by atoms with E-state index in [0.717, 1.165) is 0 Å². The molecule has 3 N–H and O–H groups in total. The van der Waals surface area contributed by atoms with Gasteiger partial charge in [-0.05, 0) is 19.9 Å². The molecule has 0 aliphatic heterocycles. The highest BCUT2D eigenvalue weighted by Gasteiger charge is 2.16. The van der Waals surface area contributed by atoms with E-state index in [9.17, 15) is 4.79 Å². The Morgan fingerprint density at radius 1 is 1.67 bits per heavy atom. The third-order valence-corrected chi connectivity index (χ3v) is 1.99. The van der Waals surface area contributed by atoms with Crippen LogP contribution in [0.3, 0.4) is 0 Å². The van der Waals surface area contributed by atoms with E-state index in [1.807, 2.05) is 0 Å². The van der Waals surface area contributed by atoms with Crippen LogP contribution in [0.1, 0.15) is 20.3 Å². The standard InChI is InChI=1S/C10H14ClN3O/c1-10(2,12)5-9(15)14-8-6-13-4-3-7(8)11/h3-4,6H,5,12H2,1-2H3,(H,14,15). The third kappa shape index (κ3) is 4.27. The topological polar surface area (TPSA) is 68.0 Å². The van der Waals surface area contributed by atoms with Crippen LogP contribution in [0.25, 0.3) is 0 Å². The second-order valence-electron chi connectivity index (χ2n) is 4.07. The molecule has 1 aromatic heterocycles. The van der Waals surface area contributed by atoms with Crippen molar-refractivity contribution in [2.75, 3.05) is 5.32 Å². The molecular formula is C10H14ClN3O. The molecule has 1 aromatic rings. The molecule has 0 aliphatic rings. The van der Waals surface area contributed by atoms with Crippen LogP contribution >= 0.6 is 11.6 Å². The van der Waals surface area contributed by atoms with Gasteiger partial charge in [0.15, 0.2) is 0 Å². The monoisotopic (exact) mass is 227 g/mol. The van der Waals surface area contributed by atoms with Gasteiger partial charge >= 0.3 is 0 Å². The fourth-order valence-corrected chi connectivity index (χ4v) is 1.23. The van der Waals surface area contributed by atoms with Crippen molar-refractivity contribution in [3.63, 3.8) is 0 Å². The molecule has 0 unspecified atom stereocenters. The molecular weight excluding hydrogens is 214 g/mol.